The number of esters is 1. The van der Waals surface area contributed by atoms with Crippen LogP contribution in [0.25, 0.3) is 0 Å². The second-order valence-electron chi connectivity index (χ2n) is 2.58. The van der Waals surface area contributed by atoms with Crippen molar-refractivity contribution in [2.24, 2.45) is 0 Å². The average molecular weight is 191 g/mol. The summed E-state index contributed by atoms with van der Waals surface area (Å²) in [6.07, 6.45) is 0.979. The standard InChI is InChI=1S/C7H12O4P/c1-2-11-12(9)6-3-4-7(8)10-5-6/h6H,2-5H2,1H3/q+1. The van der Waals surface area contributed by atoms with E-state index in [2.05, 4.69) is 0 Å². The Morgan fingerprint density at radius 3 is 3.00 bits per heavy atom. The van der Waals surface area contributed by atoms with Crippen LogP contribution in [0.5, 0.6) is 0 Å². The lowest BCUT2D eigenvalue weighted by molar-refractivity contribution is -0.146. The van der Waals surface area contributed by atoms with Gasteiger partial charge in [0, 0.05) is 6.42 Å². The van der Waals surface area contributed by atoms with E-state index in [9.17, 15) is 9.36 Å². The summed E-state index contributed by atoms with van der Waals surface area (Å²) in [5, 5.41) is 0. The third-order valence-corrected chi connectivity index (χ3v) is 3.19. The lowest BCUT2D eigenvalue weighted by atomic mass is 10.2. The molecule has 4 nitrogen and oxygen atoms in total. The molecule has 12 heavy (non-hydrogen) atoms. The number of hydrogen-bond acceptors (Lipinski definition) is 4. The highest BCUT2D eigenvalue weighted by Crippen LogP contribution is 2.34. The number of cyclic esters (lactones) is 1. The summed E-state index contributed by atoms with van der Waals surface area (Å²) < 4.78 is 20.9. The summed E-state index contributed by atoms with van der Waals surface area (Å²) in [4.78, 5) is 10.6. The highest BCUT2D eigenvalue weighted by molar-refractivity contribution is 7.40. The molecule has 0 aromatic carbocycles. The molecule has 2 unspecified atom stereocenters. The average Bonchev–Trinajstić information content (AvgIpc) is 2.06. The van der Waals surface area contributed by atoms with Gasteiger partial charge in [-0.05, 0) is 11.5 Å². The van der Waals surface area contributed by atoms with Crippen LogP contribution < -0.4 is 0 Å². The van der Waals surface area contributed by atoms with Gasteiger partial charge in [0.2, 0.25) is 5.66 Å². The van der Waals surface area contributed by atoms with Crippen LogP contribution in [0.1, 0.15) is 19.8 Å². The van der Waals surface area contributed by atoms with Crippen molar-refractivity contribution >= 4 is 14.0 Å². The van der Waals surface area contributed by atoms with Crippen LogP contribution in [-0.2, 0) is 18.6 Å². The van der Waals surface area contributed by atoms with Crippen molar-refractivity contribution in [2.75, 3.05) is 13.2 Å². The Labute approximate surface area is 72.1 Å². The van der Waals surface area contributed by atoms with Crippen LogP contribution >= 0.6 is 8.03 Å². The van der Waals surface area contributed by atoms with E-state index >= 15 is 0 Å². The van der Waals surface area contributed by atoms with E-state index in [1.54, 1.807) is 6.92 Å². The lowest BCUT2D eigenvalue weighted by Gasteiger charge is -2.12. The third-order valence-electron chi connectivity index (χ3n) is 1.67. The molecule has 0 radical (unpaired) electrons. The van der Waals surface area contributed by atoms with Crippen LogP contribution in [0.4, 0.5) is 0 Å². The van der Waals surface area contributed by atoms with E-state index < -0.39 is 8.03 Å². The molecule has 0 bridgehead atoms. The predicted molar refractivity (Wildman–Crippen MR) is 43.2 cm³/mol. The number of carbonyl (C=O) groups excluding carboxylic acids is 1. The molecule has 1 rings (SSSR count). The fourth-order valence-corrected chi connectivity index (χ4v) is 2.03. The molecule has 0 spiro atoms. The molecule has 1 aliphatic rings. The predicted octanol–water partition coefficient (Wildman–Crippen LogP) is 1.47. The molecule has 0 aromatic rings. The van der Waals surface area contributed by atoms with Gasteiger partial charge < -0.3 is 4.74 Å². The van der Waals surface area contributed by atoms with Gasteiger partial charge in [-0.25, -0.2) is 0 Å². The Hall–Kier alpha value is -0.470. The molecule has 0 amide bonds. The van der Waals surface area contributed by atoms with Gasteiger partial charge in [0.1, 0.15) is 6.61 Å². The minimum absolute atomic E-state index is 0.0994. The smallest absolute Gasteiger partial charge is 0.461 e. The maximum absolute atomic E-state index is 11.2. The minimum Gasteiger partial charge on any atom is -0.461 e. The second kappa shape index (κ2) is 4.53. The van der Waals surface area contributed by atoms with Gasteiger partial charge in [0.15, 0.2) is 0 Å². The fourth-order valence-electron chi connectivity index (χ4n) is 1.03. The van der Waals surface area contributed by atoms with E-state index in [0.29, 0.717) is 19.4 Å². The summed E-state index contributed by atoms with van der Waals surface area (Å²) in [7, 11) is -1.65. The summed E-state index contributed by atoms with van der Waals surface area (Å²) in [5.41, 5.74) is -0.0994. The van der Waals surface area contributed by atoms with Gasteiger partial charge in [0.05, 0.1) is 13.0 Å². The first-order valence-corrected chi connectivity index (χ1v) is 5.23. The van der Waals surface area contributed by atoms with Crippen molar-refractivity contribution in [3.8, 4) is 0 Å². The first-order chi connectivity index (χ1) is 5.74. The highest BCUT2D eigenvalue weighted by Gasteiger charge is 2.36. The Bertz CT molecular complexity index is 182. The Balaban J connectivity index is 2.33. The summed E-state index contributed by atoms with van der Waals surface area (Å²) in [6, 6.07) is 0. The van der Waals surface area contributed by atoms with E-state index in [1.807, 2.05) is 0 Å². The molecule has 0 aromatic heterocycles. The quantitative estimate of drug-likeness (QED) is 0.500. The fraction of sp³-hybridized carbons (Fsp3) is 0.857. The van der Waals surface area contributed by atoms with Crippen molar-refractivity contribution in [2.45, 2.75) is 25.4 Å². The third kappa shape index (κ3) is 2.54. The molecule has 0 N–H and O–H groups in total. The molecule has 2 atom stereocenters. The topological polar surface area (TPSA) is 52.6 Å². The highest BCUT2D eigenvalue weighted by atomic mass is 31.1. The Morgan fingerprint density at radius 1 is 1.75 bits per heavy atom. The van der Waals surface area contributed by atoms with E-state index in [4.69, 9.17) is 9.26 Å². The SMILES string of the molecule is CCO[P+](=O)C1CCC(=O)OC1. The van der Waals surface area contributed by atoms with Crippen LogP contribution in [0.15, 0.2) is 0 Å². The zero-order valence-electron chi connectivity index (χ0n) is 6.99. The summed E-state index contributed by atoms with van der Waals surface area (Å²) in [5.74, 6) is -0.203. The van der Waals surface area contributed by atoms with E-state index in [-0.39, 0.29) is 18.2 Å². The Morgan fingerprint density at radius 2 is 2.50 bits per heavy atom. The van der Waals surface area contributed by atoms with Crippen LogP contribution in [-0.4, -0.2) is 24.8 Å². The van der Waals surface area contributed by atoms with Gasteiger partial charge >= 0.3 is 14.0 Å². The normalized spacial score (nSPS) is 24.9. The molecule has 1 fully saturated rings. The van der Waals surface area contributed by atoms with Crippen LogP contribution in [0.2, 0.25) is 0 Å². The molecule has 0 aliphatic carbocycles. The number of rotatable bonds is 3. The molecule has 1 saturated heterocycles. The number of carbonyl (C=O) groups is 1. The van der Waals surface area contributed by atoms with Crippen molar-refractivity contribution in [3.63, 3.8) is 0 Å². The van der Waals surface area contributed by atoms with Crippen molar-refractivity contribution < 1.29 is 18.6 Å². The molecule has 0 saturated carbocycles. The monoisotopic (exact) mass is 191 g/mol. The van der Waals surface area contributed by atoms with Gasteiger partial charge in [-0.2, -0.15) is 0 Å². The lowest BCUT2D eigenvalue weighted by Crippen LogP contribution is -2.23. The van der Waals surface area contributed by atoms with Gasteiger partial charge in [-0.15, -0.1) is 4.52 Å². The van der Waals surface area contributed by atoms with Gasteiger partial charge in [0.25, 0.3) is 0 Å². The van der Waals surface area contributed by atoms with E-state index in [0.717, 1.165) is 0 Å². The molecule has 5 heteroatoms. The molecule has 1 heterocycles. The van der Waals surface area contributed by atoms with Gasteiger partial charge in [-0.1, -0.05) is 0 Å². The molecule has 68 valence electrons. The number of ether oxygens (including phenoxy) is 1. The summed E-state index contributed by atoms with van der Waals surface area (Å²) in [6.45, 7) is 2.48. The van der Waals surface area contributed by atoms with Crippen molar-refractivity contribution in [1.29, 1.82) is 0 Å². The summed E-state index contributed by atoms with van der Waals surface area (Å²) >= 11 is 0. The van der Waals surface area contributed by atoms with Crippen LogP contribution in [0.3, 0.4) is 0 Å². The zero-order valence-corrected chi connectivity index (χ0v) is 7.88. The van der Waals surface area contributed by atoms with Crippen LogP contribution in [0, 0.1) is 0 Å². The maximum Gasteiger partial charge on any atom is 0.514 e. The molecular formula is C7H12O4P+. The maximum atomic E-state index is 11.2. The van der Waals surface area contributed by atoms with Crippen molar-refractivity contribution in [3.05, 3.63) is 0 Å². The van der Waals surface area contributed by atoms with E-state index in [1.165, 1.54) is 0 Å². The van der Waals surface area contributed by atoms with Crippen molar-refractivity contribution in [1.82, 2.24) is 0 Å². The Kier molecular flexibility index (Phi) is 3.63. The molecule has 1 aliphatic heterocycles. The largest absolute Gasteiger partial charge is 0.514 e. The first-order valence-electron chi connectivity index (χ1n) is 3.99. The second-order valence-corrected chi connectivity index (χ2v) is 4.14. The van der Waals surface area contributed by atoms with Gasteiger partial charge in [-0.3, -0.25) is 4.79 Å². The number of hydrogen-bond donors (Lipinski definition) is 0. The molecular weight excluding hydrogens is 179 g/mol. The zero-order chi connectivity index (χ0) is 8.97. The minimum atomic E-state index is -1.65. The first kappa shape index (κ1) is 9.62.